The minimum absolute atomic E-state index is 0.0860. The van der Waals surface area contributed by atoms with Crippen molar-refractivity contribution in [1.29, 1.82) is 0 Å². The molecule has 2 aromatic heterocycles. The molecule has 6 nitrogen and oxygen atoms in total. The second-order valence-electron chi connectivity index (χ2n) is 8.47. The number of aromatic nitrogens is 3. The van der Waals surface area contributed by atoms with Crippen molar-refractivity contribution in [2.75, 3.05) is 5.01 Å². The van der Waals surface area contributed by atoms with Gasteiger partial charge in [0.15, 0.2) is 5.16 Å². The summed E-state index contributed by atoms with van der Waals surface area (Å²) in [5, 5.41) is 18.4. The first-order chi connectivity index (χ1) is 15.0. The molecule has 0 radical (unpaired) electrons. The van der Waals surface area contributed by atoms with Crippen molar-refractivity contribution < 1.29 is 0 Å². The zero-order valence-electron chi connectivity index (χ0n) is 17.2. The second kappa shape index (κ2) is 7.64. The number of anilines is 1. The van der Waals surface area contributed by atoms with Gasteiger partial charge in [0.1, 0.15) is 11.2 Å². The molecular weight excluding hydrogens is 471 g/mol. The van der Waals surface area contributed by atoms with Gasteiger partial charge in [-0.05, 0) is 55.4 Å². The molecule has 1 saturated heterocycles. The lowest BCUT2D eigenvalue weighted by molar-refractivity contribution is 0.493. The number of hydrazine groups is 1. The minimum Gasteiger partial charge on any atom is -0.276 e. The lowest BCUT2D eigenvalue weighted by atomic mass is 9.87. The van der Waals surface area contributed by atoms with Gasteiger partial charge in [-0.2, -0.15) is 0 Å². The molecule has 2 N–H and O–H groups in total. The lowest BCUT2D eigenvalue weighted by Crippen LogP contribution is -2.40. The number of thiophene rings is 1. The van der Waals surface area contributed by atoms with E-state index in [0.717, 1.165) is 29.5 Å². The largest absolute Gasteiger partial charge is 0.276 e. The highest BCUT2D eigenvalue weighted by atomic mass is 35.5. The van der Waals surface area contributed by atoms with Crippen LogP contribution in [0.1, 0.15) is 48.0 Å². The van der Waals surface area contributed by atoms with E-state index in [-0.39, 0.29) is 12.3 Å². The van der Waals surface area contributed by atoms with E-state index in [1.807, 2.05) is 29.5 Å². The number of rotatable bonds is 3. The van der Waals surface area contributed by atoms with Crippen LogP contribution in [0.3, 0.4) is 0 Å². The van der Waals surface area contributed by atoms with E-state index in [9.17, 15) is 0 Å². The van der Waals surface area contributed by atoms with Crippen LogP contribution in [-0.2, 0) is 18.6 Å². The van der Waals surface area contributed by atoms with Gasteiger partial charge in [0, 0.05) is 26.2 Å². The Labute approximate surface area is 199 Å². The molecule has 1 aliphatic carbocycles. The predicted octanol–water partition coefficient (Wildman–Crippen LogP) is 5.33. The maximum Gasteiger partial charge on any atom is 0.249 e. The molecule has 4 heterocycles. The standard InChI is InChI=1S/C21H22Cl2N6S2/c1-10-6-7-16-12(8-10)17-18-24-11(2)27-29(18)20-25-26-21(28(20)19(17)31-16)30-9-13-14(22)4-3-5-15(13)23/h3-5,10-11,18,24,27H,6-9H2,1-2H3/t10-,11?,18?/m0/s1. The quantitative estimate of drug-likeness (QED) is 0.482. The van der Waals surface area contributed by atoms with Crippen molar-refractivity contribution in [3.05, 3.63) is 49.8 Å². The summed E-state index contributed by atoms with van der Waals surface area (Å²) in [5.74, 6) is 2.18. The zero-order chi connectivity index (χ0) is 21.3. The summed E-state index contributed by atoms with van der Waals surface area (Å²) in [6.07, 6.45) is 3.79. The summed E-state index contributed by atoms with van der Waals surface area (Å²) < 4.78 is 2.21. The summed E-state index contributed by atoms with van der Waals surface area (Å²) in [4.78, 5) is 1.51. The van der Waals surface area contributed by atoms with Crippen LogP contribution in [0.2, 0.25) is 10.0 Å². The van der Waals surface area contributed by atoms with Crippen molar-refractivity contribution >= 4 is 52.2 Å². The molecule has 0 saturated carbocycles. The molecule has 2 aliphatic heterocycles. The predicted molar refractivity (Wildman–Crippen MR) is 127 cm³/mol. The Morgan fingerprint density at radius 1 is 1.23 bits per heavy atom. The van der Waals surface area contributed by atoms with Crippen LogP contribution in [0.4, 0.5) is 5.95 Å². The van der Waals surface area contributed by atoms with Gasteiger partial charge in [-0.3, -0.25) is 10.3 Å². The van der Waals surface area contributed by atoms with E-state index < -0.39 is 0 Å². The molecular formula is C21H22Cl2N6S2. The number of thioether (sulfide) groups is 1. The molecule has 3 aliphatic rings. The average molecular weight is 493 g/mol. The van der Waals surface area contributed by atoms with Gasteiger partial charge < -0.3 is 0 Å². The number of benzene rings is 1. The van der Waals surface area contributed by atoms with Crippen LogP contribution in [0.15, 0.2) is 23.4 Å². The molecule has 10 heteroatoms. The number of nitrogens with zero attached hydrogens (tertiary/aromatic N) is 4. The first-order valence-corrected chi connectivity index (χ1v) is 13.0. The molecule has 1 fully saturated rings. The third-order valence-corrected chi connectivity index (χ3v) is 9.20. The summed E-state index contributed by atoms with van der Waals surface area (Å²) in [6, 6.07) is 5.62. The van der Waals surface area contributed by atoms with E-state index >= 15 is 0 Å². The van der Waals surface area contributed by atoms with Crippen molar-refractivity contribution in [2.24, 2.45) is 5.92 Å². The summed E-state index contributed by atoms with van der Waals surface area (Å²) >= 11 is 16.3. The van der Waals surface area contributed by atoms with Crippen LogP contribution >= 0.6 is 46.3 Å². The topological polar surface area (TPSA) is 58.0 Å². The lowest BCUT2D eigenvalue weighted by Gasteiger charge is -2.31. The number of halogens is 2. The Bertz CT molecular complexity index is 1150. The fourth-order valence-corrected chi connectivity index (χ4v) is 7.83. The average Bonchev–Trinajstić information content (AvgIpc) is 3.41. The third kappa shape index (κ3) is 3.22. The van der Waals surface area contributed by atoms with Crippen molar-refractivity contribution in [2.45, 2.75) is 56.4 Å². The normalized spacial score (nSPS) is 24.0. The molecule has 0 amide bonds. The Morgan fingerprint density at radius 3 is 2.84 bits per heavy atom. The van der Waals surface area contributed by atoms with Gasteiger partial charge in [0.25, 0.3) is 0 Å². The molecule has 1 aromatic carbocycles. The van der Waals surface area contributed by atoms with Crippen molar-refractivity contribution in [3.8, 4) is 5.00 Å². The van der Waals surface area contributed by atoms with Crippen LogP contribution in [-0.4, -0.2) is 20.9 Å². The van der Waals surface area contributed by atoms with Crippen molar-refractivity contribution in [3.63, 3.8) is 0 Å². The number of nitrogens with one attached hydrogen (secondary N) is 2. The minimum atomic E-state index is 0.0860. The maximum atomic E-state index is 6.40. The highest BCUT2D eigenvalue weighted by Gasteiger charge is 2.44. The fraction of sp³-hybridized carbons (Fsp3) is 0.429. The molecule has 0 bridgehead atoms. The van der Waals surface area contributed by atoms with Gasteiger partial charge in [0.05, 0.1) is 6.17 Å². The molecule has 3 atom stereocenters. The van der Waals surface area contributed by atoms with E-state index in [4.69, 9.17) is 23.2 Å². The highest BCUT2D eigenvalue weighted by Crippen LogP contribution is 2.49. The third-order valence-electron chi connectivity index (χ3n) is 6.24. The fourth-order valence-electron chi connectivity index (χ4n) is 4.73. The first kappa shape index (κ1) is 20.3. The molecule has 0 spiro atoms. The molecule has 2 unspecified atom stereocenters. The number of fused-ring (bicyclic) bond motifs is 8. The Balaban J connectivity index is 1.44. The summed E-state index contributed by atoms with van der Waals surface area (Å²) in [7, 11) is 0. The summed E-state index contributed by atoms with van der Waals surface area (Å²) in [5.41, 5.74) is 7.34. The van der Waals surface area contributed by atoms with Gasteiger partial charge in [-0.25, -0.2) is 9.99 Å². The molecule has 3 aromatic rings. The van der Waals surface area contributed by atoms with Gasteiger partial charge in [-0.1, -0.05) is 48.0 Å². The Morgan fingerprint density at radius 2 is 2.03 bits per heavy atom. The van der Waals surface area contributed by atoms with E-state index in [0.29, 0.717) is 21.7 Å². The van der Waals surface area contributed by atoms with Crippen LogP contribution in [0.25, 0.3) is 5.00 Å². The van der Waals surface area contributed by atoms with Crippen LogP contribution < -0.4 is 15.8 Å². The van der Waals surface area contributed by atoms with E-state index in [1.165, 1.54) is 27.4 Å². The van der Waals surface area contributed by atoms with Crippen LogP contribution in [0.5, 0.6) is 0 Å². The van der Waals surface area contributed by atoms with E-state index in [2.05, 4.69) is 44.4 Å². The van der Waals surface area contributed by atoms with E-state index in [1.54, 1.807) is 11.8 Å². The van der Waals surface area contributed by atoms with Crippen molar-refractivity contribution in [1.82, 2.24) is 25.5 Å². The van der Waals surface area contributed by atoms with Gasteiger partial charge in [-0.15, -0.1) is 21.5 Å². The number of aryl methyl sites for hydroxylation is 1. The molecule has 31 heavy (non-hydrogen) atoms. The highest BCUT2D eigenvalue weighted by molar-refractivity contribution is 7.98. The number of hydrogen-bond acceptors (Lipinski definition) is 7. The van der Waals surface area contributed by atoms with Gasteiger partial charge in [0.2, 0.25) is 5.95 Å². The monoisotopic (exact) mass is 492 g/mol. The Kier molecular flexibility index (Phi) is 5.01. The SMILES string of the molecule is CC1NC2c3c(sc4c3C[C@@H](C)CC4)-n3c(SCc4c(Cl)cccc4Cl)nnc3N2N1. The van der Waals surface area contributed by atoms with Gasteiger partial charge >= 0.3 is 0 Å². The summed E-state index contributed by atoms with van der Waals surface area (Å²) in [6.45, 7) is 4.49. The Hall–Kier alpha value is -1.29. The second-order valence-corrected chi connectivity index (χ2v) is 11.3. The molecule has 162 valence electrons. The zero-order valence-corrected chi connectivity index (χ0v) is 20.3. The molecule has 6 rings (SSSR count). The maximum absolute atomic E-state index is 6.40. The first-order valence-electron chi connectivity index (χ1n) is 10.5. The smallest absolute Gasteiger partial charge is 0.249 e. The number of hydrogen-bond donors (Lipinski definition) is 2. The van der Waals surface area contributed by atoms with Crippen LogP contribution in [0, 0.1) is 5.92 Å².